The van der Waals surface area contributed by atoms with E-state index in [0.29, 0.717) is 5.56 Å². The Morgan fingerprint density at radius 3 is 2.40 bits per heavy atom. The summed E-state index contributed by atoms with van der Waals surface area (Å²) >= 11 is 0. The van der Waals surface area contributed by atoms with Gasteiger partial charge in [-0.3, -0.25) is 14.8 Å². The Kier molecular flexibility index (Phi) is 6.72. The molecule has 0 heterocycles. The molecule has 0 radical (unpaired) electrons. The molecule has 0 spiro atoms. The number of hydrogen-bond acceptors (Lipinski definition) is 5. The number of amides is 2. The fourth-order valence-corrected chi connectivity index (χ4v) is 2.29. The lowest BCUT2D eigenvalue weighted by atomic mass is 9.79. The van der Waals surface area contributed by atoms with E-state index in [1.165, 1.54) is 19.1 Å². The second-order valence-corrected chi connectivity index (χ2v) is 6.09. The predicted molar refractivity (Wildman–Crippen MR) is 92.2 cm³/mol. The monoisotopic (exact) mass is 343 g/mol. The van der Waals surface area contributed by atoms with Crippen LogP contribution in [0.3, 0.4) is 0 Å². The van der Waals surface area contributed by atoms with Crippen LogP contribution in [0, 0.1) is 23.7 Å². The van der Waals surface area contributed by atoms with Gasteiger partial charge in [0.2, 0.25) is 5.91 Å². The Hall–Kier alpha value is -2.84. The second-order valence-electron chi connectivity index (χ2n) is 6.09. The molecule has 0 saturated heterocycles. The number of aliphatic hydroxyl groups is 1. The highest BCUT2D eigenvalue weighted by Crippen LogP contribution is 2.30. The molecular weight excluding hydrogens is 322 g/mol. The Labute approximate surface area is 146 Å². The van der Waals surface area contributed by atoms with Crippen LogP contribution in [0.25, 0.3) is 0 Å². The number of benzene rings is 1. The maximum Gasteiger partial charge on any atom is 0.252 e. The summed E-state index contributed by atoms with van der Waals surface area (Å²) < 4.78 is 0. The Morgan fingerprint density at radius 1 is 1.28 bits per heavy atom. The Bertz CT molecular complexity index is 787. The van der Waals surface area contributed by atoms with Crippen LogP contribution in [0.15, 0.2) is 18.2 Å². The third kappa shape index (κ3) is 5.63. The molecule has 7 nitrogen and oxygen atoms in total. The van der Waals surface area contributed by atoms with Gasteiger partial charge in [-0.15, -0.1) is 0 Å². The smallest absolute Gasteiger partial charge is 0.252 e. The summed E-state index contributed by atoms with van der Waals surface area (Å²) in [7, 11) is 0. The van der Waals surface area contributed by atoms with Crippen molar-refractivity contribution in [2.75, 3.05) is 0 Å². The molecule has 7 N–H and O–H groups in total. The van der Waals surface area contributed by atoms with Crippen LogP contribution in [0.1, 0.15) is 48.2 Å². The molecular formula is C18H21N3O4. The van der Waals surface area contributed by atoms with Crippen molar-refractivity contribution in [2.24, 2.45) is 11.5 Å². The molecule has 1 rings (SSSR count). The summed E-state index contributed by atoms with van der Waals surface area (Å²) in [6, 6.07) is 4.50. The van der Waals surface area contributed by atoms with E-state index >= 15 is 0 Å². The molecule has 132 valence electrons. The highest BCUT2D eigenvalue weighted by atomic mass is 16.5. The van der Waals surface area contributed by atoms with Gasteiger partial charge in [-0.1, -0.05) is 11.8 Å². The third-order valence-corrected chi connectivity index (χ3v) is 3.29. The first-order valence-electron chi connectivity index (χ1n) is 7.44. The zero-order valence-corrected chi connectivity index (χ0v) is 14.3. The fraction of sp³-hybridized carbons (Fsp3) is 0.333. The van der Waals surface area contributed by atoms with Gasteiger partial charge in [-0.05, 0) is 56.4 Å². The molecule has 0 aliphatic carbocycles. The molecule has 0 fully saturated rings. The van der Waals surface area contributed by atoms with Crippen molar-refractivity contribution in [1.29, 1.82) is 0 Å². The molecule has 0 unspecified atom stereocenters. The average Bonchev–Trinajstić information content (AvgIpc) is 2.50. The molecule has 0 aromatic heterocycles. The van der Waals surface area contributed by atoms with Crippen molar-refractivity contribution < 1.29 is 19.9 Å². The van der Waals surface area contributed by atoms with Gasteiger partial charge < -0.3 is 16.6 Å². The molecule has 7 heteroatoms. The van der Waals surface area contributed by atoms with E-state index in [1.807, 2.05) is 0 Å². The van der Waals surface area contributed by atoms with Crippen LogP contribution < -0.4 is 16.9 Å². The standard InChI is InChI=1S/C18H21N3O4/c1-11(22)6-4-5-7-12-8-9-13(16(19)23)14(10-12)15(17(24)21-25)18(2,3)20/h8-11,15,22,25H,20H2,1-3H3,(H2,19,23)(H,21,24)/t11-,15-/m1/s1. The van der Waals surface area contributed by atoms with E-state index in [0.717, 1.165) is 0 Å². The van der Waals surface area contributed by atoms with Crippen molar-refractivity contribution in [3.8, 4) is 23.7 Å². The average molecular weight is 343 g/mol. The van der Waals surface area contributed by atoms with Crippen molar-refractivity contribution >= 4 is 11.8 Å². The fourth-order valence-electron chi connectivity index (χ4n) is 2.29. The summed E-state index contributed by atoms with van der Waals surface area (Å²) in [5.74, 6) is 7.73. The molecule has 1 aromatic rings. The number of rotatable bonds is 4. The molecule has 0 aliphatic heterocycles. The zero-order chi connectivity index (χ0) is 19.2. The summed E-state index contributed by atoms with van der Waals surface area (Å²) in [6.07, 6.45) is -0.794. The minimum absolute atomic E-state index is 0.104. The lowest BCUT2D eigenvalue weighted by Gasteiger charge is -2.30. The van der Waals surface area contributed by atoms with E-state index < -0.39 is 29.4 Å². The lowest BCUT2D eigenvalue weighted by Crippen LogP contribution is -2.47. The van der Waals surface area contributed by atoms with Crippen LogP contribution in [0.4, 0.5) is 0 Å². The quantitative estimate of drug-likeness (QED) is 0.294. The maximum absolute atomic E-state index is 12.1. The third-order valence-electron chi connectivity index (χ3n) is 3.29. The van der Waals surface area contributed by atoms with Gasteiger partial charge in [0.15, 0.2) is 0 Å². The molecule has 0 saturated carbocycles. The molecule has 25 heavy (non-hydrogen) atoms. The van der Waals surface area contributed by atoms with E-state index in [9.17, 15) is 9.59 Å². The molecule has 2 atom stereocenters. The summed E-state index contributed by atoms with van der Waals surface area (Å²) in [4.78, 5) is 23.8. The largest absolute Gasteiger partial charge is 0.381 e. The minimum atomic E-state index is -1.09. The van der Waals surface area contributed by atoms with Crippen LogP contribution in [0.2, 0.25) is 0 Å². The number of primary amides is 1. The van der Waals surface area contributed by atoms with Crippen molar-refractivity contribution in [3.63, 3.8) is 0 Å². The van der Waals surface area contributed by atoms with E-state index in [2.05, 4.69) is 23.7 Å². The molecule has 0 bridgehead atoms. The summed E-state index contributed by atoms with van der Waals surface area (Å²) in [6.45, 7) is 4.68. The van der Waals surface area contributed by atoms with E-state index in [1.54, 1.807) is 25.4 Å². The normalized spacial score (nSPS) is 12.7. The van der Waals surface area contributed by atoms with E-state index in [-0.39, 0.29) is 11.1 Å². The number of carbonyl (C=O) groups excluding carboxylic acids is 2. The highest BCUT2D eigenvalue weighted by Gasteiger charge is 2.35. The predicted octanol–water partition coefficient (Wildman–Crippen LogP) is -0.152. The minimum Gasteiger partial charge on any atom is -0.381 e. The molecule has 1 aromatic carbocycles. The van der Waals surface area contributed by atoms with Gasteiger partial charge in [0.1, 0.15) is 6.10 Å². The number of aliphatic hydroxyl groups excluding tert-OH is 1. The second kappa shape index (κ2) is 8.32. The van der Waals surface area contributed by atoms with Gasteiger partial charge in [-0.2, -0.15) is 0 Å². The van der Waals surface area contributed by atoms with Gasteiger partial charge in [-0.25, -0.2) is 5.48 Å². The number of nitrogens with two attached hydrogens (primary N) is 2. The van der Waals surface area contributed by atoms with Gasteiger partial charge in [0.05, 0.1) is 5.92 Å². The lowest BCUT2D eigenvalue weighted by molar-refractivity contribution is -0.132. The number of nitrogens with one attached hydrogen (secondary N) is 1. The highest BCUT2D eigenvalue weighted by molar-refractivity contribution is 5.97. The van der Waals surface area contributed by atoms with Crippen LogP contribution >= 0.6 is 0 Å². The van der Waals surface area contributed by atoms with Crippen molar-refractivity contribution in [3.05, 3.63) is 34.9 Å². The Balaban J connectivity index is 3.49. The first-order valence-corrected chi connectivity index (χ1v) is 7.44. The molecule has 0 aliphatic rings. The first kappa shape index (κ1) is 20.2. The van der Waals surface area contributed by atoms with Crippen LogP contribution in [0.5, 0.6) is 0 Å². The van der Waals surface area contributed by atoms with Gasteiger partial charge >= 0.3 is 0 Å². The van der Waals surface area contributed by atoms with Crippen LogP contribution in [-0.2, 0) is 4.79 Å². The summed E-state index contributed by atoms with van der Waals surface area (Å²) in [5.41, 5.74) is 12.7. The van der Waals surface area contributed by atoms with Crippen LogP contribution in [-0.4, -0.2) is 33.8 Å². The van der Waals surface area contributed by atoms with Crippen molar-refractivity contribution in [2.45, 2.75) is 38.3 Å². The Morgan fingerprint density at radius 2 is 1.92 bits per heavy atom. The topological polar surface area (TPSA) is 139 Å². The maximum atomic E-state index is 12.1. The first-order chi connectivity index (χ1) is 11.6. The summed E-state index contributed by atoms with van der Waals surface area (Å²) in [5, 5.41) is 18.1. The number of hydrogen-bond donors (Lipinski definition) is 5. The van der Waals surface area contributed by atoms with Gasteiger partial charge in [0, 0.05) is 16.7 Å². The van der Waals surface area contributed by atoms with Crippen molar-refractivity contribution in [1.82, 2.24) is 5.48 Å². The number of hydroxylamine groups is 1. The SMILES string of the molecule is C[C@@H](O)C#CC#Cc1ccc(C(N)=O)c([C@H](C(=O)NO)C(C)(C)N)c1. The van der Waals surface area contributed by atoms with Gasteiger partial charge in [0.25, 0.3) is 5.91 Å². The zero-order valence-electron chi connectivity index (χ0n) is 14.3. The molecule has 2 amide bonds. The van der Waals surface area contributed by atoms with E-state index in [4.69, 9.17) is 21.8 Å². The number of carbonyl (C=O) groups is 2.